The molecule has 7 rings (SSSR count). The summed E-state index contributed by atoms with van der Waals surface area (Å²) in [6.45, 7) is 9.95. The van der Waals surface area contributed by atoms with Crippen LogP contribution in [0.3, 0.4) is 0 Å². The number of carbonyl (C=O) groups excluding carboxylic acids is 2. The number of nitrogen functional groups attached to an aromatic ring is 1. The van der Waals surface area contributed by atoms with Gasteiger partial charge < -0.3 is 24.6 Å². The van der Waals surface area contributed by atoms with E-state index in [0.29, 0.717) is 63.4 Å². The first kappa shape index (κ1) is 40.4. The second-order valence-electron chi connectivity index (χ2n) is 12.9. The smallest absolute Gasteiger partial charge is 0.227 e. The van der Waals surface area contributed by atoms with E-state index in [9.17, 15) is 9.59 Å². The first-order valence-corrected chi connectivity index (χ1v) is 18.1. The van der Waals surface area contributed by atoms with Gasteiger partial charge in [-0.3, -0.25) is 9.59 Å². The van der Waals surface area contributed by atoms with Crippen LogP contribution in [0, 0.1) is 11.8 Å². The number of oxazole rings is 2. The lowest BCUT2D eigenvalue weighted by atomic mass is 10.1. The minimum Gasteiger partial charge on any atom is -0.436 e. The number of nitrogens with zero attached hydrogens (tertiary/aromatic N) is 2. The van der Waals surface area contributed by atoms with Gasteiger partial charge in [-0.1, -0.05) is 50.9 Å². The van der Waals surface area contributed by atoms with E-state index >= 15 is 0 Å². The molecule has 2 aromatic heterocycles. The van der Waals surface area contributed by atoms with Gasteiger partial charge in [-0.25, -0.2) is 9.97 Å². The van der Waals surface area contributed by atoms with Crippen LogP contribution in [0.15, 0.2) is 93.8 Å². The van der Waals surface area contributed by atoms with Crippen molar-refractivity contribution in [3.8, 4) is 22.9 Å². The molecular weight excluding hydrogens is 723 g/mol. The highest BCUT2D eigenvalue weighted by Gasteiger charge is 2.11. The molecule has 0 bridgehead atoms. The highest BCUT2D eigenvalue weighted by atomic mass is 35.5. The van der Waals surface area contributed by atoms with Gasteiger partial charge in [0, 0.05) is 70.7 Å². The van der Waals surface area contributed by atoms with Crippen LogP contribution < -0.4 is 11.1 Å². The van der Waals surface area contributed by atoms with E-state index < -0.39 is 0 Å². The second kappa shape index (κ2) is 20.0. The molecule has 1 aliphatic heterocycles. The van der Waals surface area contributed by atoms with Gasteiger partial charge in [-0.15, -0.1) is 0 Å². The predicted molar refractivity (Wildman–Crippen MR) is 212 cm³/mol. The number of hydrogen-bond donors (Lipinski definition) is 2. The molecule has 0 spiro atoms. The number of hydrogen-bond acceptors (Lipinski definition) is 8. The number of amides is 1. The van der Waals surface area contributed by atoms with E-state index in [1.54, 1.807) is 24.3 Å². The number of nitrogens with two attached hydrogens (primary N) is 1. The summed E-state index contributed by atoms with van der Waals surface area (Å²) in [6.07, 6.45) is 3.55. The topological polar surface area (TPSA) is 133 Å². The molecule has 6 aromatic rings. The van der Waals surface area contributed by atoms with Crippen molar-refractivity contribution < 1.29 is 23.2 Å². The lowest BCUT2D eigenvalue weighted by molar-refractivity contribution is -0.117. The van der Waals surface area contributed by atoms with Gasteiger partial charge in [0.25, 0.3) is 0 Å². The van der Waals surface area contributed by atoms with E-state index in [2.05, 4.69) is 15.3 Å². The van der Waals surface area contributed by atoms with Crippen molar-refractivity contribution in [1.82, 2.24) is 9.97 Å². The Hall–Kier alpha value is -4.41. The van der Waals surface area contributed by atoms with Crippen LogP contribution in [0.25, 0.3) is 45.1 Å². The Balaban J connectivity index is 0.000000181. The van der Waals surface area contributed by atoms with Gasteiger partial charge in [0.1, 0.15) is 11.0 Å². The van der Waals surface area contributed by atoms with E-state index in [1.807, 2.05) is 88.4 Å². The van der Waals surface area contributed by atoms with Crippen molar-refractivity contribution in [1.29, 1.82) is 0 Å². The number of anilines is 2. The number of aromatic nitrogens is 2. The van der Waals surface area contributed by atoms with Gasteiger partial charge in [-0.05, 0) is 109 Å². The minimum atomic E-state index is -0.241. The van der Waals surface area contributed by atoms with Crippen LogP contribution in [0.4, 0.5) is 11.4 Å². The largest absolute Gasteiger partial charge is 0.436 e. The maximum absolute atomic E-state index is 11.8. The Bertz CT molecular complexity index is 2030. The molecule has 52 heavy (non-hydrogen) atoms. The molecule has 1 amide bonds. The average molecular weight is 766 g/mol. The Morgan fingerprint density at radius 3 is 1.56 bits per heavy atom. The molecule has 3 heterocycles. The molecule has 0 unspecified atom stereocenters. The number of fused-ring (bicyclic) bond motifs is 2. The zero-order valence-electron chi connectivity index (χ0n) is 29.6. The van der Waals surface area contributed by atoms with Crippen molar-refractivity contribution in [2.45, 2.75) is 53.4 Å². The summed E-state index contributed by atoms with van der Waals surface area (Å²) in [6, 6.07) is 25.5. The van der Waals surface area contributed by atoms with Crippen LogP contribution in [0.1, 0.15) is 53.4 Å². The summed E-state index contributed by atoms with van der Waals surface area (Å²) in [5.41, 5.74) is 11.7. The van der Waals surface area contributed by atoms with Crippen LogP contribution >= 0.6 is 34.8 Å². The maximum Gasteiger partial charge on any atom is 0.227 e. The summed E-state index contributed by atoms with van der Waals surface area (Å²) in [4.78, 5) is 30.6. The molecule has 1 aliphatic rings. The number of nitrogens with one attached hydrogen (secondary N) is 1. The SMILES string of the molecule is C1CCOC1.CC(C)CC(=O)Cl.CC(C)CC(=O)Nc1ccc(-c2nc3ccc(Cl)cc3o2)cc1.Nc1ccc(-c2nc3ccc(Cl)cc3o2)cc1. The van der Waals surface area contributed by atoms with E-state index in [4.69, 9.17) is 54.1 Å². The quantitative estimate of drug-likeness (QED) is 0.121. The summed E-state index contributed by atoms with van der Waals surface area (Å²) in [5, 5.41) is 3.89. The molecule has 0 aliphatic carbocycles. The predicted octanol–water partition coefficient (Wildman–Crippen LogP) is 11.5. The van der Waals surface area contributed by atoms with Crippen molar-refractivity contribution in [3.05, 3.63) is 95.0 Å². The van der Waals surface area contributed by atoms with Gasteiger partial charge in [0.2, 0.25) is 22.9 Å². The van der Waals surface area contributed by atoms with Crippen LogP contribution in [0.5, 0.6) is 0 Å². The first-order chi connectivity index (χ1) is 24.9. The third kappa shape index (κ3) is 13.3. The average Bonchev–Trinajstić information content (AvgIpc) is 3.87. The Morgan fingerprint density at radius 2 is 1.17 bits per heavy atom. The lowest BCUT2D eigenvalue weighted by Crippen LogP contribution is -2.13. The highest BCUT2D eigenvalue weighted by Crippen LogP contribution is 2.28. The third-order valence-electron chi connectivity index (χ3n) is 7.26. The molecule has 274 valence electrons. The molecule has 1 fully saturated rings. The number of carbonyl (C=O) groups is 2. The molecule has 9 nitrogen and oxygen atoms in total. The van der Waals surface area contributed by atoms with Crippen molar-refractivity contribution in [2.24, 2.45) is 11.8 Å². The molecule has 0 radical (unpaired) electrons. The number of benzene rings is 4. The van der Waals surface area contributed by atoms with Crippen LogP contribution in [-0.2, 0) is 14.3 Å². The molecule has 0 saturated carbocycles. The normalized spacial score (nSPS) is 12.1. The minimum absolute atomic E-state index is 0.0178. The molecule has 4 aromatic carbocycles. The number of rotatable bonds is 7. The fraction of sp³-hybridized carbons (Fsp3) is 0.300. The summed E-state index contributed by atoms with van der Waals surface area (Å²) in [7, 11) is 0. The fourth-order valence-corrected chi connectivity index (χ4v) is 5.41. The maximum atomic E-state index is 11.8. The molecule has 1 saturated heterocycles. The van der Waals surface area contributed by atoms with Crippen LogP contribution in [-0.4, -0.2) is 34.3 Å². The van der Waals surface area contributed by atoms with Gasteiger partial charge in [-0.2, -0.15) is 0 Å². The van der Waals surface area contributed by atoms with Crippen molar-refractivity contribution in [3.63, 3.8) is 0 Å². The van der Waals surface area contributed by atoms with Gasteiger partial charge in [0.05, 0.1) is 0 Å². The Labute approximate surface area is 318 Å². The number of ether oxygens (including phenoxy) is 1. The zero-order valence-corrected chi connectivity index (χ0v) is 31.9. The molecule has 3 N–H and O–H groups in total. The fourth-order valence-electron chi connectivity index (χ4n) is 4.78. The summed E-state index contributed by atoms with van der Waals surface area (Å²) < 4.78 is 16.3. The first-order valence-electron chi connectivity index (χ1n) is 17.0. The Kier molecular flexibility index (Phi) is 15.5. The highest BCUT2D eigenvalue weighted by molar-refractivity contribution is 6.63. The monoisotopic (exact) mass is 764 g/mol. The third-order valence-corrected chi connectivity index (χ3v) is 7.89. The summed E-state index contributed by atoms with van der Waals surface area (Å²) in [5.74, 6) is 1.85. The van der Waals surface area contributed by atoms with Crippen LogP contribution in [0.2, 0.25) is 10.0 Å². The van der Waals surface area contributed by atoms with E-state index in [-0.39, 0.29) is 11.1 Å². The molecule has 0 atom stereocenters. The van der Waals surface area contributed by atoms with Crippen molar-refractivity contribution >= 4 is 79.5 Å². The van der Waals surface area contributed by atoms with E-state index in [0.717, 1.165) is 41.1 Å². The van der Waals surface area contributed by atoms with E-state index in [1.165, 1.54) is 12.8 Å². The number of halogens is 3. The van der Waals surface area contributed by atoms with Gasteiger partial charge in [0.15, 0.2) is 11.2 Å². The lowest BCUT2D eigenvalue weighted by Gasteiger charge is -2.07. The summed E-state index contributed by atoms with van der Waals surface area (Å²) >= 11 is 16.9. The zero-order chi connectivity index (χ0) is 37.6. The Morgan fingerprint density at radius 1 is 0.712 bits per heavy atom. The second-order valence-corrected chi connectivity index (χ2v) is 14.2. The molecule has 12 heteroatoms. The molecular formula is C40H43Cl3N4O5. The van der Waals surface area contributed by atoms with Gasteiger partial charge >= 0.3 is 0 Å². The van der Waals surface area contributed by atoms with Crippen molar-refractivity contribution in [2.75, 3.05) is 24.3 Å². The standard InChI is InChI=1S/C18H17ClN2O2.C13H9ClN2O.C5H9ClO.C4H8O/c1-11(2)9-17(22)20-14-6-3-12(4-7-14)18-21-15-8-5-13(19)10-16(15)23-18;14-9-3-6-11-12(7-9)17-13(16-11)8-1-4-10(15)5-2-8;1-4(2)3-5(6)7;1-2-4-5-3-1/h3-8,10-11H,9H2,1-2H3,(H,20,22);1-7H,15H2;4H,3H2,1-2H3;1-4H2.